The highest BCUT2D eigenvalue weighted by molar-refractivity contribution is 6.62. The molecule has 2 heterocycles. The lowest BCUT2D eigenvalue weighted by Gasteiger charge is -2.32. The van der Waals surface area contributed by atoms with Crippen LogP contribution in [0, 0.1) is 0 Å². The molecule has 4 N–H and O–H groups in total. The SMILES string of the molecule is CC1(C)OB(c2cc(CN)cnc2CN)OC1(C)C. The van der Waals surface area contributed by atoms with Gasteiger partial charge in [-0.3, -0.25) is 4.98 Å². The summed E-state index contributed by atoms with van der Waals surface area (Å²) in [6.45, 7) is 8.88. The van der Waals surface area contributed by atoms with Crippen molar-refractivity contribution in [3.05, 3.63) is 23.5 Å². The highest BCUT2D eigenvalue weighted by atomic mass is 16.7. The molecule has 1 aromatic heterocycles. The number of pyridine rings is 1. The van der Waals surface area contributed by atoms with E-state index in [1.165, 1.54) is 0 Å². The van der Waals surface area contributed by atoms with Crippen LogP contribution in [-0.2, 0) is 22.4 Å². The quantitative estimate of drug-likeness (QED) is 0.766. The second kappa shape index (κ2) is 4.87. The van der Waals surface area contributed by atoms with Crippen molar-refractivity contribution < 1.29 is 9.31 Å². The summed E-state index contributed by atoms with van der Waals surface area (Å²) in [6.07, 6.45) is 1.75. The third-order valence-electron chi connectivity index (χ3n) is 4.00. The standard InChI is InChI=1S/C13H22BN3O2/c1-12(2)13(3,4)19-14(18-12)10-5-9(6-15)8-17-11(10)7-16/h5,8H,6-7,15-16H2,1-4H3. The van der Waals surface area contributed by atoms with Gasteiger partial charge in [0.15, 0.2) is 0 Å². The van der Waals surface area contributed by atoms with Crippen LogP contribution in [0.25, 0.3) is 0 Å². The fourth-order valence-electron chi connectivity index (χ4n) is 2.01. The third-order valence-corrected chi connectivity index (χ3v) is 4.00. The zero-order valence-corrected chi connectivity index (χ0v) is 12.1. The Morgan fingerprint density at radius 1 is 1.11 bits per heavy atom. The molecule has 0 amide bonds. The van der Waals surface area contributed by atoms with Crippen LogP contribution in [0.3, 0.4) is 0 Å². The van der Waals surface area contributed by atoms with E-state index >= 15 is 0 Å². The summed E-state index contributed by atoms with van der Waals surface area (Å²) >= 11 is 0. The van der Waals surface area contributed by atoms with Crippen LogP contribution in [0.15, 0.2) is 12.3 Å². The van der Waals surface area contributed by atoms with Crippen LogP contribution in [-0.4, -0.2) is 23.3 Å². The minimum absolute atomic E-state index is 0.351. The topological polar surface area (TPSA) is 83.4 Å². The molecule has 0 unspecified atom stereocenters. The minimum Gasteiger partial charge on any atom is -0.399 e. The first-order chi connectivity index (χ1) is 8.80. The first kappa shape index (κ1) is 14.5. The lowest BCUT2D eigenvalue weighted by molar-refractivity contribution is 0.00578. The second-order valence-corrected chi connectivity index (χ2v) is 5.88. The summed E-state index contributed by atoms with van der Waals surface area (Å²) in [7, 11) is -0.442. The Labute approximate surface area is 114 Å². The Hall–Kier alpha value is -0.945. The van der Waals surface area contributed by atoms with E-state index in [2.05, 4.69) is 4.98 Å². The number of hydrogen-bond acceptors (Lipinski definition) is 5. The van der Waals surface area contributed by atoms with Gasteiger partial charge in [0.1, 0.15) is 0 Å². The average molecular weight is 263 g/mol. The van der Waals surface area contributed by atoms with Crippen molar-refractivity contribution in [2.75, 3.05) is 0 Å². The molecule has 104 valence electrons. The molecule has 0 atom stereocenters. The molecule has 0 spiro atoms. The lowest BCUT2D eigenvalue weighted by Crippen LogP contribution is -2.41. The van der Waals surface area contributed by atoms with E-state index in [1.807, 2.05) is 33.8 Å². The molecular weight excluding hydrogens is 241 g/mol. The predicted octanol–water partition coefficient (Wildman–Crippen LogP) is 0.298. The van der Waals surface area contributed by atoms with E-state index in [4.69, 9.17) is 20.8 Å². The Morgan fingerprint density at radius 2 is 1.68 bits per heavy atom. The van der Waals surface area contributed by atoms with Crippen molar-refractivity contribution in [3.8, 4) is 0 Å². The lowest BCUT2D eigenvalue weighted by atomic mass is 9.77. The van der Waals surface area contributed by atoms with Gasteiger partial charge in [0.05, 0.1) is 16.9 Å². The van der Waals surface area contributed by atoms with Gasteiger partial charge in [-0.25, -0.2) is 0 Å². The highest BCUT2D eigenvalue weighted by Crippen LogP contribution is 2.36. The number of hydrogen-bond donors (Lipinski definition) is 2. The van der Waals surface area contributed by atoms with Crippen molar-refractivity contribution >= 4 is 12.6 Å². The van der Waals surface area contributed by atoms with Gasteiger partial charge in [0, 0.05) is 24.7 Å². The van der Waals surface area contributed by atoms with Crippen LogP contribution >= 0.6 is 0 Å². The molecule has 0 aromatic carbocycles. The molecule has 6 heteroatoms. The zero-order valence-electron chi connectivity index (χ0n) is 12.1. The molecular formula is C13H22BN3O2. The van der Waals surface area contributed by atoms with Gasteiger partial charge >= 0.3 is 7.12 Å². The van der Waals surface area contributed by atoms with E-state index in [1.54, 1.807) is 6.20 Å². The maximum atomic E-state index is 6.03. The van der Waals surface area contributed by atoms with Gasteiger partial charge in [0.25, 0.3) is 0 Å². The van der Waals surface area contributed by atoms with Gasteiger partial charge < -0.3 is 20.8 Å². The molecule has 0 aliphatic carbocycles. The van der Waals surface area contributed by atoms with Crippen LogP contribution in [0.1, 0.15) is 39.0 Å². The van der Waals surface area contributed by atoms with Crippen LogP contribution < -0.4 is 16.9 Å². The molecule has 2 rings (SSSR count). The smallest absolute Gasteiger partial charge is 0.399 e. The predicted molar refractivity (Wildman–Crippen MR) is 75.7 cm³/mol. The Balaban J connectivity index is 2.38. The molecule has 1 aliphatic heterocycles. The van der Waals surface area contributed by atoms with E-state index < -0.39 is 7.12 Å². The molecule has 5 nitrogen and oxygen atoms in total. The number of aromatic nitrogens is 1. The van der Waals surface area contributed by atoms with E-state index in [0.717, 1.165) is 16.7 Å². The summed E-state index contributed by atoms with van der Waals surface area (Å²) in [5.74, 6) is 0. The minimum atomic E-state index is -0.442. The van der Waals surface area contributed by atoms with Gasteiger partial charge in [-0.15, -0.1) is 0 Å². The van der Waals surface area contributed by atoms with Crippen LogP contribution in [0.4, 0.5) is 0 Å². The van der Waals surface area contributed by atoms with Crippen molar-refractivity contribution in [2.45, 2.75) is 52.0 Å². The summed E-state index contributed by atoms with van der Waals surface area (Å²) in [4.78, 5) is 4.34. The molecule has 19 heavy (non-hydrogen) atoms. The Bertz CT molecular complexity index is 461. The average Bonchev–Trinajstić information content (AvgIpc) is 2.57. The van der Waals surface area contributed by atoms with Gasteiger partial charge in [-0.1, -0.05) is 6.07 Å². The van der Waals surface area contributed by atoms with Crippen molar-refractivity contribution in [1.82, 2.24) is 4.98 Å². The number of nitrogens with zero attached hydrogens (tertiary/aromatic N) is 1. The first-order valence-electron chi connectivity index (χ1n) is 6.54. The first-order valence-corrected chi connectivity index (χ1v) is 6.54. The van der Waals surface area contributed by atoms with Crippen molar-refractivity contribution in [1.29, 1.82) is 0 Å². The molecule has 0 radical (unpaired) electrons. The fraction of sp³-hybridized carbons (Fsp3) is 0.615. The Morgan fingerprint density at radius 3 is 2.16 bits per heavy atom. The largest absolute Gasteiger partial charge is 0.496 e. The maximum Gasteiger partial charge on any atom is 0.496 e. The second-order valence-electron chi connectivity index (χ2n) is 5.88. The van der Waals surface area contributed by atoms with Gasteiger partial charge in [-0.05, 0) is 33.3 Å². The maximum absolute atomic E-state index is 6.03. The monoisotopic (exact) mass is 263 g/mol. The zero-order chi connectivity index (χ0) is 14.3. The van der Waals surface area contributed by atoms with Crippen LogP contribution in [0.2, 0.25) is 0 Å². The summed E-state index contributed by atoms with van der Waals surface area (Å²) in [6, 6.07) is 1.97. The van der Waals surface area contributed by atoms with Crippen LogP contribution in [0.5, 0.6) is 0 Å². The molecule has 1 fully saturated rings. The molecule has 1 saturated heterocycles. The van der Waals surface area contributed by atoms with E-state index in [-0.39, 0.29) is 11.2 Å². The van der Waals surface area contributed by atoms with Gasteiger partial charge in [0.2, 0.25) is 0 Å². The number of nitrogens with two attached hydrogens (primary N) is 2. The normalized spacial score (nSPS) is 20.8. The molecule has 1 aromatic rings. The third kappa shape index (κ3) is 2.53. The summed E-state index contributed by atoms with van der Waals surface area (Å²) < 4.78 is 12.1. The van der Waals surface area contributed by atoms with Crippen molar-refractivity contribution in [3.63, 3.8) is 0 Å². The molecule has 1 aliphatic rings. The fourth-order valence-corrected chi connectivity index (χ4v) is 2.01. The van der Waals surface area contributed by atoms with E-state index in [0.29, 0.717) is 13.1 Å². The summed E-state index contributed by atoms with van der Waals surface area (Å²) in [5, 5.41) is 0. The van der Waals surface area contributed by atoms with Crippen molar-refractivity contribution in [2.24, 2.45) is 11.5 Å². The van der Waals surface area contributed by atoms with E-state index in [9.17, 15) is 0 Å². The summed E-state index contributed by atoms with van der Waals surface area (Å²) in [5.41, 5.74) is 13.3. The Kier molecular flexibility index (Phi) is 3.70. The van der Waals surface area contributed by atoms with Gasteiger partial charge in [-0.2, -0.15) is 0 Å². The molecule has 0 saturated carbocycles. The highest BCUT2D eigenvalue weighted by Gasteiger charge is 2.52. The number of rotatable bonds is 3. The molecule has 0 bridgehead atoms.